The third-order valence-corrected chi connectivity index (χ3v) is 20.5. The van der Waals surface area contributed by atoms with Crippen LogP contribution in [-0.4, -0.2) is 47.4 Å². The second kappa shape index (κ2) is 82.8. The minimum Gasteiger partial charge on any atom is -0.466 e. The van der Waals surface area contributed by atoms with E-state index >= 15 is 0 Å². The molecule has 0 aliphatic rings. The van der Waals surface area contributed by atoms with E-state index in [-0.39, 0.29) is 18.5 Å². The maximum atomic E-state index is 12.5. The fourth-order valence-electron chi connectivity index (χ4n) is 13.9. The van der Waals surface area contributed by atoms with Crippen LogP contribution >= 0.6 is 0 Å². The largest absolute Gasteiger partial charge is 0.466 e. The summed E-state index contributed by atoms with van der Waals surface area (Å²) in [5.74, 6) is -0.0332. The molecule has 3 N–H and O–H groups in total. The van der Waals surface area contributed by atoms with E-state index in [0.717, 1.165) is 38.5 Å². The third-order valence-electron chi connectivity index (χ3n) is 20.5. The third kappa shape index (κ3) is 79.2. The molecule has 552 valence electrons. The van der Waals surface area contributed by atoms with Gasteiger partial charge in [0.1, 0.15) is 0 Å². The highest BCUT2D eigenvalue weighted by Gasteiger charge is 2.18. The number of amides is 1. The number of ether oxygens (including phenoxy) is 1. The lowest BCUT2D eigenvalue weighted by molar-refractivity contribution is -0.143. The molecule has 0 rings (SSSR count). The molecule has 0 saturated carbocycles. The normalized spacial score (nSPS) is 12.5. The van der Waals surface area contributed by atoms with Gasteiger partial charge >= 0.3 is 5.97 Å². The first-order valence-corrected chi connectivity index (χ1v) is 43.1. The van der Waals surface area contributed by atoms with Crippen LogP contribution in [0.25, 0.3) is 0 Å². The fourth-order valence-corrected chi connectivity index (χ4v) is 13.9. The van der Waals surface area contributed by atoms with Gasteiger partial charge in [0.2, 0.25) is 5.91 Å². The van der Waals surface area contributed by atoms with Crippen molar-refractivity contribution in [2.24, 2.45) is 0 Å². The number of hydrogen-bond acceptors (Lipinski definition) is 5. The second-order valence-corrected chi connectivity index (χ2v) is 29.9. The first kappa shape index (κ1) is 91.3. The molecule has 0 aromatic rings. The molecule has 0 spiro atoms. The van der Waals surface area contributed by atoms with E-state index in [0.29, 0.717) is 19.4 Å². The number of rotatable bonds is 82. The Morgan fingerprint density at radius 3 is 0.763 bits per heavy atom. The van der Waals surface area contributed by atoms with E-state index in [1.807, 2.05) is 6.08 Å². The first-order valence-electron chi connectivity index (χ1n) is 43.1. The van der Waals surface area contributed by atoms with Gasteiger partial charge in [-0.05, 0) is 57.8 Å². The lowest BCUT2D eigenvalue weighted by Gasteiger charge is -2.20. The molecule has 0 aromatic heterocycles. The Morgan fingerprint density at radius 1 is 0.290 bits per heavy atom. The molecule has 0 bridgehead atoms. The minimum absolute atomic E-state index is 0.0240. The van der Waals surface area contributed by atoms with E-state index in [1.54, 1.807) is 6.08 Å². The SMILES string of the molecule is CCCCCCCC/C=C\CCCCCCCCCCCC(=O)OCCCCCCCCCCCCCCCCCCCCCCCCCCCCCCCCCCCCCCCC(=O)NC(CO)C(O)/C=C/CCCCCCCCCCCCCCCCCCCC. The smallest absolute Gasteiger partial charge is 0.305 e. The summed E-state index contributed by atoms with van der Waals surface area (Å²) in [7, 11) is 0. The fraction of sp³-hybridized carbons (Fsp3) is 0.931. The number of unbranched alkanes of at least 4 members (excludes halogenated alkanes) is 69. The van der Waals surface area contributed by atoms with Gasteiger partial charge in [0.05, 0.1) is 25.4 Å². The number of carbonyl (C=O) groups is 2. The van der Waals surface area contributed by atoms with E-state index in [2.05, 4.69) is 31.3 Å². The Morgan fingerprint density at radius 2 is 0.505 bits per heavy atom. The van der Waals surface area contributed by atoms with Crippen LogP contribution in [0.1, 0.15) is 495 Å². The molecule has 0 fully saturated rings. The quantitative estimate of drug-likeness (QED) is 0.0320. The lowest BCUT2D eigenvalue weighted by Crippen LogP contribution is -2.45. The zero-order valence-electron chi connectivity index (χ0n) is 63.5. The monoisotopic (exact) mass is 1310 g/mol. The summed E-state index contributed by atoms with van der Waals surface area (Å²) in [6.07, 6.45) is 108. The van der Waals surface area contributed by atoms with Crippen LogP contribution in [-0.2, 0) is 14.3 Å². The number of allylic oxidation sites excluding steroid dienone is 3. The summed E-state index contributed by atoms with van der Waals surface area (Å²) in [6.45, 7) is 4.96. The van der Waals surface area contributed by atoms with Gasteiger partial charge in [0.25, 0.3) is 0 Å². The molecule has 0 aromatic carbocycles. The molecular weight excluding hydrogens is 1140 g/mol. The summed E-state index contributed by atoms with van der Waals surface area (Å²) in [6, 6.07) is -0.624. The van der Waals surface area contributed by atoms with Crippen molar-refractivity contribution >= 4 is 11.9 Å². The van der Waals surface area contributed by atoms with Crippen LogP contribution in [0.15, 0.2) is 24.3 Å². The van der Waals surface area contributed by atoms with Crippen LogP contribution in [0, 0.1) is 0 Å². The van der Waals surface area contributed by atoms with Gasteiger partial charge in [-0.1, -0.05) is 449 Å². The zero-order valence-corrected chi connectivity index (χ0v) is 63.5. The van der Waals surface area contributed by atoms with Gasteiger partial charge in [-0.2, -0.15) is 0 Å². The standard InChI is InChI=1S/C87H169NO5/c1-3-5-7-9-11-13-15-17-19-21-23-44-47-51-55-59-63-67-71-75-79-85(90)84(83-89)88-86(91)80-76-72-68-64-60-56-52-48-45-41-39-37-35-33-31-29-27-25-24-26-28-30-32-34-36-38-40-42-46-50-54-58-62-66-70-74-78-82-93-87(92)81-77-73-69-65-61-57-53-49-43-22-20-18-16-14-12-10-8-6-4-2/h18,20,75,79,84-85,89-90H,3-17,19,21-74,76-78,80-83H2,1-2H3,(H,88,91)/b20-18-,79-75+. The van der Waals surface area contributed by atoms with Crippen molar-refractivity contribution in [2.75, 3.05) is 13.2 Å². The van der Waals surface area contributed by atoms with E-state index in [4.69, 9.17) is 4.74 Å². The van der Waals surface area contributed by atoms with Gasteiger partial charge in [0, 0.05) is 12.8 Å². The van der Waals surface area contributed by atoms with Crippen LogP contribution in [0.5, 0.6) is 0 Å². The number of aliphatic hydroxyl groups is 2. The Kier molecular flexibility index (Phi) is 81.3. The van der Waals surface area contributed by atoms with Crippen LogP contribution < -0.4 is 5.32 Å². The molecule has 0 radical (unpaired) electrons. The molecule has 2 unspecified atom stereocenters. The average molecular weight is 1310 g/mol. The van der Waals surface area contributed by atoms with Gasteiger partial charge in [-0.25, -0.2) is 0 Å². The van der Waals surface area contributed by atoms with Crippen LogP contribution in [0.2, 0.25) is 0 Å². The molecule has 0 heterocycles. The number of carbonyl (C=O) groups excluding carboxylic acids is 2. The number of esters is 1. The molecule has 6 heteroatoms. The van der Waals surface area contributed by atoms with E-state index in [1.165, 1.54) is 430 Å². The Hall–Kier alpha value is -1.66. The minimum atomic E-state index is -0.841. The van der Waals surface area contributed by atoms with Crippen molar-refractivity contribution in [3.8, 4) is 0 Å². The zero-order chi connectivity index (χ0) is 67.0. The molecule has 0 aliphatic heterocycles. The highest BCUT2D eigenvalue weighted by molar-refractivity contribution is 5.76. The number of aliphatic hydroxyl groups excluding tert-OH is 2. The van der Waals surface area contributed by atoms with Gasteiger partial charge in [-0.3, -0.25) is 9.59 Å². The highest BCUT2D eigenvalue weighted by atomic mass is 16.5. The summed E-state index contributed by atoms with van der Waals surface area (Å²) in [4.78, 5) is 24.7. The molecule has 93 heavy (non-hydrogen) atoms. The topological polar surface area (TPSA) is 95.9 Å². The Labute approximate surface area is 583 Å². The molecule has 6 nitrogen and oxygen atoms in total. The Bertz CT molecular complexity index is 1460. The van der Waals surface area contributed by atoms with E-state index < -0.39 is 12.1 Å². The molecular formula is C87H169NO5. The highest BCUT2D eigenvalue weighted by Crippen LogP contribution is 2.21. The van der Waals surface area contributed by atoms with Gasteiger partial charge in [-0.15, -0.1) is 0 Å². The van der Waals surface area contributed by atoms with Crippen molar-refractivity contribution in [1.82, 2.24) is 5.32 Å². The number of hydrogen-bond donors (Lipinski definition) is 3. The van der Waals surface area contributed by atoms with Crippen LogP contribution in [0.3, 0.4) is 0 Å². The predicted molar refractivity (Wildman–Crippen MR) is 412 cm³/mol. The maximum absolute atomic E-state index is 12.5. The van der Waals surface area contributed by atoms with Gasteiger partial charge < -0.3 is 20.3 Å². The summed E-state index contributed by atoms with van der Waals surface area (Å²) in [5.41, 5.74) is 0. The van der Waals surface area contributed by atoms with Crippen molar-refractivity contribution in [1.29, 1.82) is 0 Å². The van der Waals surface area contributed by atoms with Crippen molar-refractivity contribution in [2.45, 2.75) is 508 Å². The van der Waals surface area contributed by atoms with Crippen molar-refractivity contribution < 1.29 is 24.5 Å². The second-order valence-electron chi connectivity index (χ2n) is 29.9. The summed E-state index contributed by atoms with van der Waals surface area (Å²) >= 11 is 0. The Balaban J connectivity index is 3.31. The van der Waals surface area contributed by atoms with Crippen molar-refractivity contribution in [3.05, 3.63) is 24.3 Å². The lowest BCUT2D eigenvalue weighted by atomic mass is 10.0. The van der Waals surface area contributed by atoms with Crippen molar-refractivity contribution in [3.63, 3.8) is 0 Å². The van der Waals surface area contributed by atoms with Crippen LogP contribution in [0.4, 0.5) is 0 Å². The number of nitrogens with one attached hydrogen (secondary N) is 1. The molecule has 0 aliphatic carbocycles. The first-order chi connectivity index (χ1) is 46.0. The summed E-state index contributed by atoms with van der Waals surface area (Å²) < 4.78 is 5.52. The maximum Gasteiger partial charge on any atom is 0.305 e. The van der Waals surface area contributed by atoms with E-state index in [9.17, 15) is 19.8 Å². The molecule has 1 amide bonds. The molecule has 2 atom stereocenters. The summed E-state index contributed by atoms with van der Waals surface area (Å²) in [5, 5.41) is 23.3. The molecule has 0 saturated heterocycles. The van der Waals surface area contributed by atoms with Gasteiger partial charge in [0.15, 0.2) is 0 Å². The average Bonchev–Trinajstić information content (AvgIpc) is 3.78. The predicted octanol–water partition coefficient (Wildman–Crippen LogP) is 28.8.